The lowest BCUT2D eigenvalue weighted by molar-refractivity contribution is -0.115. The second-order valence-electron chi connectivity index (χ2n) is 6.20. The Kier molecular flexibility index (Phi) is 6.76. The van der Waals surface area contributed by atoms with Crippen molar-refractivity contribution in [3.8, 4) is 0 Å². The SMILES string of the molecule is CC(=O)Nc1cc(NC(C)=O)cc(C(=O)OC(C)C(=O)c2ccc(F)c(F)c2)c1. The zero-order valence-electron chi connectivity index (χ0n) is 15.8. The number of nitrogens with one attached hydrogen (secondary N) is 2. The summed E-state index contributed by atoms with van der Waals surface area (Å²) in [5.74, 6) is -4.73. The van der Waals surface area contributed by atoms with Crippen molar-refractivity contribution in [2.75, 3.05) is 10.6 Å². The molecule has 9 heteroatoms. The quantitative estimate of drug-likeness (QED) is 0.568. The molecule has 0 saturated carbocycles. The minimum Gasteiger partial charge on any atom is -0.451 e. The van der Waals surface area contributed by atoms with Gasteiger partial charge in [-0.2, -0.15) is 0 Å². The average molecular weight is 404 g/mol. The number of rotatable bonds is 6. The lowest BCUT2D eigenvalue weighted by atomic mass is 10.1. The fourth-order valence-corrected chi connectivity index (χ4v) is 2.46. The van der Waals surface area contributed by atoms with Gasteiger partial charge < -0.3 is 15.4 Å². The molecule has 2 amide bonds. The number of esters is 1. The average Bonchev–Trinajstić information content (AvgIpc) is 2.61. The zero-order valence-corrected chi connectivity index (χ0v) is 15.8. The van der Waals surface area contributed by atoms with Crippen LogP contribution >= 0.6 is 0 Å². The molecule has 0 spiro atoms. The summed E-state index contributed by atoms with van der Waals surface area (Å²) in [4.78, 5) is 47.3. The monoisotopic (exact) mass is 404 g/mol. The van der Waals surface area contributed by atoms with Crippen molar-refractivity contribution in [2.24, 2.45) is 0 Å². The molecule has 152 valence electrons. The maximum atomic E-state index is 13.3. The number of carbonyl (C=O) groups is 4. The third-order valence-electron chi connectivity index (χ3n) is 3.67. The molecule has 0 aromatic heterocycles. The first-order chi connectivity index (χ1) is 13.6. The molecule has 2 N–H and O–H groups in total. The van der Waals surface area contributed by atoms with Crippen LogP contribution in [0.15, 0.2) is 36.4 Å². The zero-order chi connectivity index (χ0) is 21.7. The molecule has 2 aromatic carbocycles. The van der Waals surface area contributed by atoms with Crippen molar-refractivity contribution < 1.29 is 32.7 Å². The van der Waals surface area contributed by atoms with Gasteiger partial charge in [0.15, 0.2) is 17.7 Å². The molecule has 0 heterocycles. The van der Waals surface area contributed by atoms with Gasteiger partial charge in [0.1, 0.15) is 0 Å². The molecule has 2 aromatic rings. The molecule has 0 aliphatic rings. The normalized spacial score (nSPS) is 11.3. The number of benzene rings is 2. The molecule has 2 rings (SSSR count). The van der Waals surface area contributed by atoms with Gasteiger partial charge >= 0.3 is 5.97 Å². The lowest BCUT2D eigenvalue weighted by Gasteiger charge is -2.14. The highest BCUT2D eigenvalue weighted by Gasteiger charge is 2.22. The third-order valence-corrected chi connectivity index (χ3v) is 3.67. The minimum atomic E-state index is -1.29. The summed E-state index contributed by atoms with van der Waals surface area (Å²) in [6, 6.07) is 6.66. The highest BCUT2D eigenvalue weighted by Crippen LogP contribution is 2.21. The van der Waals surface area contributed by atoms with E-state index in [2.05, 4.69) is 10.6 Å². The van der Waals surface area contributed by atoms with Crippen LogP contribution in [-0.4, -0.2) is 29.7 Å². The Morgan fingerprint density at radius 2 is 1.38 bits per heavy atom. The van der Waals surface area contributed by atoms with Crippen LogP contribution in [0.1, 0.15) is 41.5 Å². The summed E-state index contributed by atoms with van der Waals surface area (Å²) >= 11 is 0. The Labute approximate surface area is 165 Å². The number of ether oxygens (including phenoxy) is 1. The van der Waals surface area contributed by atoms with E-state index in [-0.39, 0.29) is 22.5 Å². The number of hydrogen-bond donors (Lipinski definition) is 2. The van der Waals surface area contributed by atoms with Crippen LogP contribution in [0.4, 0.5) is 20.2 Å². The van der Waals surface area contributed by atoms with Crippen molar-refractivity contribution in [3.63, 3.8) is 0 Å². The number of carbonyl (C=O) groups excluding carboxylic acids is 4. The third kappa shape index (κ3) is 5.93. The fourth-order valence-electron chi connectivity index (χ4n) is 2.46. The van der Waals surface area contributed by atoms with Crippen LogP contribution in [-0.2, 0) is 14.3 Å². The van der Waals surface area contributed by atoms with Gasteiger partial charge in [-0.3, -0.25) is 14.4 Å². The van der Waals surface area contributed by atoms with E-state index in [1.807, 2.05) is 0 Å². The van der Waals surface area contributed by atoms with Gasteiger partial charge in [-0.25, -0.2) is 13.6 Å². The molecule has 0 aliphatic carbocycles. The Hall–Kier alpha value is -3.62. The van der Waals surface area contributed by atoms with E-state index in [0.717, 1.165) is 12.1 Å². The number of hydrogen-bond acceptors (Lipinski definition) is 5. The second kappa shape index (κ2) is 9.05. The molecule has 0 aliphatic heterocycles. The first kappa shape index (κ1) is 21.7. The minimum absolute atomic E-state index is 0.0371. The Bertz CT molecular complexity index is 957. The Balaban J connectivity index is 2.23. The summed E-state index contributed by atoms with van der Waals surface area (Å²) in [5.41, 5.74) is 0.269. The number of halogens is 2. The second-order valence-corrected chi connectivity index (χ2v) is 6.20. The van der Waals surface area contributed by atoms with Crippen molar-refractivity contribution in [3.05, 3.63) is 59.2 Å². The molecule has 29 heavy (non-hydrogen) atoms. The predicted octanol–water partition coefficient (Wildman–Crippen LogP) is 3.31. The molecule has 1 atom stereocenters. The molecule has 0 bridgehead atoms. The van der Waals surface area contributed by atoms with Crippen molar-refractivity contribution in [1.82, 2.24) is 0 Å². The maximum Gasteiger partial charge on any atom is 0.338 e. The number of anilines is 2. The summed E-state index contributed by atoms with van der Waals surface area (Å²) in [6.45, 7) is 3.82. The summed E-state index contributed by atoms with van der Waals surface area (Å²) < 4.78 is 31.5. The van der Waals surface area contributed by atoms with Crippen LogP contribution in [0, 0.1) is 11.6 Å². The van der Waals surface area contributed by atoms with E-state index in [1.165, 1.54) is 39.0 Å². The molecule has 0 radical (unpaired) electrons. The first-order valence-corrected chi connectivity index (χ1v) is 8.47. The van der Waals surface area contributed by atoms with Gasteiger partial charge in [-0.15, -0.1) is 0 Å². The summed E-state index contributed by atoms with van der Waals surface area (Å²) in [5, 5.41) is 4.97. The van der Waals surface area contributed by atoms with Gasteiger partial charge in [-0.05, 0) is 43.3 Å². The summed E-state index contributed by atoms with van der Waals surface area (Å²) in [6.07, 6.45) is -1.29. The molecule has 0 fully saturated rings. The van der Waals surface area contributed by atoms with E-state index in [1.54, 1.807) is 0 Å². The van der Waals surface area contributed by atoms with Crippen molar-refractivity contribution >= 4 is 34.9 Å². The Morgan fingerprint density at radius 3 is 1.86 bits per heavy atom. The standard InChI is InChI=1S/C20H18F2N2O5/c1-10(19(27)13-4-5-17(21)18(22)8-13)29-20(28)14-6-15(23-11(2)25)9-16(7-14)24-12(3)26/h4-10H,1-3H3,(H,23,25)(H,24,26). The highest BCUT2D eigenvalue weighted by atomic mass is 19.2. The molecule has 7 nitrogen and oxygen atoms in total. The maximum absolute atomic E-state index is 13.3. The number of amides is 2. The molecular formula is C20H18F2N2O5. The van der Waals surface area contributed by atoms with E-state index in [0.29, 0.717) is 6.07 Å². The van der Waals surface area contributed by atoms with Crippen LogP contribution in [0.2, 0.25) is 0 Å². The van der Waals surface area contributed by atoms with Crippen molar-refractivity contribution in [1.29, 1.82) is 0 Å². The fraction of sp³-hybridized carbons (Fsp3) is 0.200. The van der Waals surface area contributed by atoms with Crippen LogP contribution in [0.25, 0.3) is 0 Å². The van der Waals surface area contributed by atoms with Gasteiger partial charge in [0.2, 0.25) is 17.6 Å². The van der Waals surface area contributed by atoms with Gasteiger partial charge in [0.05, 0.1) is 5.56 Å². The van der Waals surface area contributed by atoms with E-state index < -0.39 is 41.3 Å². The highest BCUT2D eigenvalue weighted by molar-refractivity contribution is 6.02. The smallest absolute Gasteiger partial charge is 0.338 e. The van der Waals surface area contributed by atoms with E-state index >= 15 is 0 Å². The Morgan fingerprint density at radius 1 is 0.828 bits per heavy atom. The molecular weight excluding hydrogens is 386 g/mol. The molecule has 0 saturated heterocycles. The van der Waals surface area contributed by atoms with Crippen molar-refractivity contribution in [2.45, 2.75) is 26.9 Å². The van der Waals surface area contributed by atoms with Crippen LogP contribution < -0.4 is 10.6 Å². The van der Waals surface area contributed by atoms with Crippen LogP contribution in [0.3, 0.4) is 0 Å². The summed E-state index contributed by atoms with van der Waals surface area (Å²) in [7, 11) is 0. The lowest BCUT2D eigenvalue weighted by Crippen LogP contribution is -2.25. The van der Waals surface area contributed by atoms with E-state index in [4.69, 9.17) is 4.74 Å². The largest absolute Gasteiger partial charge is 0.451 e. The first-order valence-electron chi connectivity index (χ1n) is 8.47. The molecule has 1 unspecified atom stereocenters. The van der Waals surface area contributed by atoms with Gasteiger partial charge in [0.25, 0.3) is 0 Å². The van der Waals surface area contributed by atoms with E-state index in [9.17, 15) is 28.0 Å². The predicted molar refractivity (Wildman–Crippen MR) is 101 cm³/mol. The topological polar surface area (TPSA) is 102 Å². The van der Waals surface area contributed by atoms with Crippen LogP contribution in [0.5, 0.6) is 0 Å². The van der Waals surface area contributed by atoms with Gasteiger partial charge in [-0.1, -0.05) is 0 Å². The number of Topliss-reactive ketones (excluding diaryl/α,β-unsaturated/α-hetero) is 1. The number of ketones is 1. The van der Waals surface area contributed by atoms with Gasteiger partial charge in [0, 0.05) is 30.8 Å².